The number of nitrogens with zero attached hydrogens (tertiary/aromatic N) is 3. The highest BCUT2D eigenvalue weighted by atomic mass is 19.4. The van der Waals surface area contributed by atoms with Crippen LogP contribution in [0.25, 0.3) is 0 Å². The highest BCUT2D eigenvalue weighted by molar-refractivity contribution is 5.79. The van der Waals surface area contributed by atoms with Crippen molar-refractivity contribution in [1.82, 2.24) is 14.7 Å². The Hall–Kier alpha value is -1.84. The average Bonchev–Trinajstić information content (AvgIpc) is 2.91. The monoisotopic (exact) mass is 457 g/mol. The summed E-state index contributed by atoms with van der Waals surface area (Å²) in [6, 6.07) is 6.16. The van der Waals surface area contributed by atoms with Crippen molar-refractivity contribution in [3.63, 3.8) is 0 Å². The molecular weight excluding hydrogens is 423 g/mol. The molecule has 2 fully saturated rings. The summed E-state index contributed by atoms with van der Waals surface area (Å²) in [5.74, 6) is -0.130. The van der Waals surface area contributed by atoms with Crippen molar-refractivity contribution in [2.24, 2.45) is 0 Å². The molecule has 0 aromatic heterocycles. The molecule has 0 spiro atoms. The molecule has 1 amide bonds. The van der Waals surface area contributed by atoms with E-state index in [2.05, 4.69) is 21.5 Å². The predicted octanol–water partition coefficient (Wildman–Crippen LogP) is 3.51. The Morgan fingerprint density at radius 3 is 2.31 bits per heavy atom. The standard InChI is InChI=1S/C23H34F3N3O3/c1-4-27-11-9-19(10-12-27)28-13-21(14-29(17(2)3)22(30)15-28)31-16-18-5-7-20(8-6-18)32-23(24,25)26/h5-8,17,19,21H,4,9-16H2,1-3H3. The van der Waals surface area contributed by atoms with Crippen LogP contribution in [0, 0.1) is 0 Å². The fourth-order valence-corrected chi connectivity index (χ4v) is 4.45. The zero-order valence-electron chi connectivity index (χ0n) is 19.1. The van der Waals surface area contributed by atoms with Gasteiger partial charge in [-0.25, -0.2) is 0 Å². The van der Waals surface area contributed by atoms with Crippen molar-refractivity contribution >= 4 is 5.91 Å². The summed E-state index contributed by atoms with van der Waals surface area (Å²) >= 11 is 0. The first-order valence-electron chi connectivity index (χ1n) is 11.4. The van der Waals surface area contributed by atoms with Crippen LogP contribution in [0.1, 0.15) is 39.2 Å². The topological polar surface area (TPSA) is 45.2 Å². The largest absolute Gasteiger partial charge is 0.573 e. The van der Waals surface area contributed by atoms with Crippen LogP contribution in [0.15, 0.2) is 24.3 Å². The number of carbonyl (C=O) groups excluding carboxylic acids is 1. The van der Waals surface area contributed by atoms with Gasteiger partial charge in [-0.1, -0.05) is 19.1 Å². The van der Waals surface area contributed by atoms with Crippen LogP contribution >= 0.6 is 0 Å². The lowest BCUT2D eigenvalue weighted by Gasteiger charge is -2.38. The van der Waals surface area contributed by atoms with Crippen molar-refractivity contribution < 1.29 is 27.4 Å². The summed E-state index contributed by atoms with van der Waals surface area (Å²) in [5.41, 5.74) is 0.758. The molecule has 2 heterocycles. The maximum atomic E-state index is 12.9. The summed E-state index contributed by atoms with van der Waals surface area (Å²) < 4.78 is 47.1. The molecular formula is C23H34F3N3O3. The van der Waals surface area contributed by atoms with E-state index in [0.717, 1.165) is 38.0 Å². The molecule has 0 aliphatic carbocycles. The number of hydrogen-bond acceptors (Lipinski definition) is 5. The SMILES string of the molecule is CCN1CCC(N2CC(=O)N(C(C)C)CC(OCc3ccc(OC(F)(F)F)cc3)C2)CC1. The number of benzene rings is 1. The number of carbonyl (C=O) groups is 1. The molecule has 1 atom stereocenters. The molecule has 3 rings (SSSR count). The third-order valence-corrected chi connectivity index (χ3v) is 6.28. The second-order valence-corrected chi connectivity index (χ2v) is 8.86. The second-order valence-electron chi connectivity index (χ2n) is 8.86. The van der Waals surface area contributed by atoms with Gasteiger partial charge in [0.1, 0.15) is 5.75 Å². The first-order valence-corrected chi connectivity index (χ1v) is 11.4. The van der Waals surface area contributed by atoms with Crippen molar-refractivity contribution in [1.29, 1.82) is 0 Å². The zero-order valence-corrected chi connectivity index (χ0v) is 19.1. The molecule has 6 nitrogen and oxygen atoms in total. The van der Waals surface area contributed by atoms with Crippen molar-refractivity contribution in [2.75, 3.05) is 39.3 Å². The first-order chi connectivity index (χ1) is 15.1. The minimum atomic E-state index is -4.71. The molecule has 32 heavy (non-hydrogen) atoms. The quantitative estimate of drug-likeness (QED) is 0.627. The molecule has 1 aromatic carbocycles. The lowest BCUT2D eigenvalue weighted by molar-refractivity contribution is -0.274. The summed E-state index contributed by atoms with van der Waals surface area (Å²) in [7, 11) is 0. The minimum absolute atomic E-state index is 0.0780. The van der Waals surface area contributed by atoms with Gasteiger partial charge >= 0.3 is 6.36 Å². The molecule has 1 aromatic rings. The van der Waals surface area contributed by atoms with Gasteiger partial charge in [0, 0.05) is 25.2 Å². The third-order valence-electron chi connectivity index (χ3n) is 6.28. The normalized spacial score (nSPS) is 22.4. The zero-order chi connectivity index (χ0) is 23.3. The van der Waals surface area contributed by atoms with E-state index in [1.807, 2.05) is 18.7 Å². The van der Waals surface area contributed by atoms with Gasteiger partial charge < -0.3 is 19.3 Å². The van der Waals surface area contributed by atoms with Crippen molar-refractivity contribution in [3.8, 4) is 5.75 Å². The molecule has 0 bridgehead atoms. The first kappa shape index (κ1) is 24.8. The smallest absolute Gasteiger partial charge is 0.406 e. The highest BCUT2D eigenvalue weighted by Gasteiger charge is 2.34. The van der Waals surface area contributed by atoms with Crippen LogP contribution in [-0.4, -0.2) is 84.4 Å². The van der Waals surface area contributed by atoms with Crippen LogP contribution in [0.4, 0.5) is 13.2 Å². The van der Waals surface area contributed by atoms with E-state index in [4.69, 9.17) is 4.74 Å². The Labute approximate surface area is 188 Å². The number of ether oxygens (including phenoxy) is 2. The Morgan fingerprint density at radius 2 is 1.75 bits per heavy atom. The van der Waals surface area contributed by atoms with Crippen LogP contribution in [0.3, 0.4) is 0 Å². The highest BCUT2D eigenvalue weighted by Crippen LogP contribution is 2.24. The lowest BCUT2D eigenvalue weighted by Crippen LogP contribution is -2.48. The van der Waals surface area contributed by atoms with Crippen LogP contribution in [-0.2, 0) is 16.1 Å². The number of alkyl halides is 3. The van der Waals surface area contributed by atoms with E-state index >= 15 is 0 Å². The Kier molecular flexibility index (Phi) is 8.41. The van der Waals surface area contributed by atoms with Crippen LogP contribution in [0.5, 0.6) is 5.75 Å². The molecule has 0 radical (unpaired) electrons. The lowest BCUT2D eigenvalue weighted by atomic mass is 10.0. The van der Waals surface area contributed by atoms with Gasteiger partial charge in [-0.05, 0) is 64.0 Å². The van der Waals surface area contributed by atoms with Crippen LogP contribution in [0.2, 0.25) is 0 Å². The number of halogens is 3. The summed E-state index contributed by atoms with van der Waals surface area (Å²) in [6.45, 7) is 11.1. The molecule has 2 saturated heterocycles. The predicted molar refractivity (Wildman–Crippen MR) is 115 cm³/mol. The molecule has 180 valence electrons. The molecule has 1 unspecified atom stereocenters. The van der Waals surface area contributed by atoms with E-state index in [1.54, 1.807) is 12.1 Å². The maximum Gasteiger partial charge on any atom is 0.573 e. The van der Waals surface area contributed by atoms with Gasteiger partial charge in [0.15, 0.2) is 0 Å². The van der Waals surface area contributed by atoms with Gasteiger partial charge in [0.25, 0.3) is 0 Å². The Morgan fingerprint density at radius 1 is 1.09 bits per heavy atom. The van der Waals surface area contributed by atoms with Gasteiger partial charge in [0.2, 0.25) is 5.91 Å². The molecule has 9 heteroatoms. The summed E-state index contributed by atoms with van der Waals surface area (Å²) in [4.78, 5) is 19.5. The van der Waals surface area contributed by atoms with Gasteiger partial charge in [-0.2, -0.15) is 0 Å². The fraction of sp³-hybridized carbons (Fsp3) is 0.696. The average molecular weight is 458 g/mol. The van der Waals surface area contributed by atoms with Gasteiger partial charge in [-0.15, -0.1) is 13.2 Å². The van der Waals surface area contributed by atoms with Crippen LogP contribution < -0.4 is 4.74 Å². The van der Waals surface area contributed by atoms with Gasteiger partial charge in [-0.3, -0.25) is 9.69 Å². The maximum absolute atomic E-state index is 12.9. The van der Waals surface area contributed by atoms with E-state index < -0.39 is 6.36 Å². The second kappa shape index (κ2) is 10.9. The number of rotatable bonds is 7. The summed E-state index contributed by atoms with van der Waals surface area (Å²) in [5, 5.41) is 0. The number of hydrogen-bond donors (Lipinski definition) is 0. The number of amides is 1. The Bertz CT molecular complexity index is 734. The van der Waals surface area contributed by atoms with E-state index in [0.29, 0.717) is 25.7 Å². The molecule has 2 aliphatic rings. The Balaban J connectivity index is 1.63. The summed E-state index contributed by atoms with van der Waals surface area (Å²) in [6.07, 6.45) is -2.80. The van der Waals surface area contributed by atoms with Gasteiger partial charge in [0.05, 0.1) is 19.3 Å². The third kappa shape index (κ3) is 7.08. The van der Waals surface area contributed by atoms with E-state index in [9.17, 15) is 18.0 Å². The fourth-order valence-electron chi connectivity index (χ4n) is 4.45. The number of piperidine rings is 1. The van der Waals surface area contributed by atoms with Crippen molar-refractivity contribution in [3.05, 3.63) is 29.8 Å². The minimum Gasteiger partial charge on any atom is -0.406 e. The molecule has 0 N–H and O–H groups in total. The van der Waals surface area contributed by atoms with E-state index in [-0.39, 0.29) is 30.4 Å². The van der Waals surface area contributed by atoms with Crippen molar-refractivity contribution in [2.45, 2.75) is 64.8 Å². The molecule has 0 saturated carbocycles. The van der Waals surface area contributed by atoms with E-state index in [1.165, 1.54) is 12.1 Å². The number of likely N-dealkylation sites (tertiary alicyclic amines) is 1. The molecule has 2 aliphatic heterocycles.